The molecule has 0 bridgehead atoms. The summed E-state index contributed by atoms with van der Waals surface area (Å²) >= 11 is 1.42. The molecule has 0 saturated heterocycles. The first-order valence-corrected chi connectivity index (χ1v) is 8.20. The molecule has 1 heterocycles. The van der Waals surface area contributed by atoms with Crippen LogP contribution in [0.3, 0.4) is 0 Å². The molecule has 0 saturated carbocycles. The van der Waals surface area contributed by atoms with Crippen LogP contribution in [0, 0.1) is 13.8 Å². The summed E-state index contributed by atoms with van der Waals surface area (Å²) in [5.74, 6) is 0.0365. The molecule has 0 aliphatic rings. The lowest BCUT2D eigenvalue weighted by molar-refractivity contribution is 0.0526. The quantitative estimate of drug-likeness (QED) is 0.515. The number of nitrogens with zero attached hydrogens (tertiary/aromatic N) is 2. The van der Waals surface area contributed by atoms with Gasteiger partial charge in [0.15, 0.2) is 5.16 Å². The van der Waals surface area contributed by atoms with Crippen LogP contribution in [0.2, 0.25) is 0 Å². The Morgan fingerprint density at radius 2 is 2.14 bits per heavy atom. The van der Waals surface area contributed by atoms with Gasteiger partial charge >= 0.3 is 5.97 Å². The topological polar surface area (TPSA) is 64.1 Å². The van der Waals surface area contributed by atoms with E-state index in [0.717, 1.165) is 16.8 Å². The maximum Gasteiger partial charge on any atom is 0.343 e. The van der Waals surface area contributed by atoms with Gasteiger partial charge in [0.05, 0.1) is 6.61 Å². The molecular formula is C16H19N3O2S. The highest BCUT2D eigenvalue weighted by atomic mass is 32.2. The van der Waals surface area contributed by atoms with Gasteiger partial charge in [0.2, 0.25) is 0 Å². The number of hydrogen-bond acceptors (Lipinski definition) is 6. The number of carbonyl (C=O) groups excluding carboxylic acids is 1. The smallest absolute Gasteiger partial charge is 0.343 e. The molecule has 0 unspecified atom stereocenters. The monoisotopic (exact) mass is 317 g/mol. The molecule has 1 aromatic heterocycles. The minimum atomic E-state index is -0.428. The molecule has 1 N–H and O–H groups in total. The summed E-state index contributed by atoms with van der Waals surface area (Å²) in [4.78, 5) is 20.6. The van der Waals surface area contributed by atoms with E-state index in [-0.39, 0.29) is 0 Å². The van der Waals surface area contributed by atoms with E-state index in [2.05, 4.69) is 15.3 Å². The molecule has 0 fully saturated rings. The Morgan fingerprint density at radius 3 is 2.82 bits per heavy atom. The third-order valence-corrected chi connectivity index (χ3v) is 3.65. The first-order chi connectivity index (χ1) is 10.5. The number of thioether (sulfide) groups is 1. The van der Waals surface area contributed by atoms with Crippen molar-refractivity contribution in [2.45, 2.75) is 25.9 Å². The van der Waals surface area contributed by atoms with Crippen LogP contribution in [0.4, 0.5) is 11.5 Å². The Morgan fingerprint density at radius 1 is 1.36 bits per heavy atom. The summed E-state index contributed by atoms with van der Waals surface area (Å²) in [6.45, 7) is 6.10. The number of esters is 1. The first-order valence-electron chi connectivity index (χ1n) is 6.97. The third-order valence-electron chi connectivity index (χ3n) is 3.09. The van der Waals surface area contributed by atoms with Crippen LogP contribution in [0.25, 0.3) is 0 Å². The zero-order valence-electron chi connectivity index (χ0n) is 13.1. The van der Waals surface area contributed by atoms with Crippen LogP contribution in [-0.2, 0) is 4.74 Å². The number of carbonyl (C=O) groups is 1. The Labute approximate surface area is 134 Å². The summed E-state index contributed by atoms with van der Waals surface area (Å²) in [6.07, 6.45) is 3.39. The number of benzene rings is 1. The van der Waals surface area contributed by atoms with Crippen LogP contribution in [-0.4, -0.2) is 28.8 Å². The van der Waals surface area contributed by atoms with Gasteiger partial charge in [-0.1, -0.05) is 23.9 Å². The van der Waals surface area contributed by atoms with Crippen molar-refractivity contribution in [2.24, 2.45) is 0 Å². The van der Waals surface area contributed by atoms with Gasteiger partial charge < -0.3 is 10.1 Å². The molecular weight excluding hydrogens is 298 g/mol. The van der Waals surface area contributed by atoms with Gasteiger partial charge in [-0.2, -0.15) is 0 Å². The summed E-state index contributed by atoms with van der Waals surface area (Å²) in [7, 11) is 0. The SMILES string of the molecule is CCOC(=O)c1cnc(SC)nc1Nc1cc(C)ccc1C. The maximum atomic E-state index is 12.1. The minimum absolute atomic E-state index is 0.312. The van der Waals surface area contributed by atoms with E-state index in [4.69, 9.17) is 4.74 Å². The predicted octanol–water partition coefficient (Wildman–Crippen LogP) is 3.74. The standard InChI is InChI=1S/C16H19N3O2S/c1-5-21-15(20)12-9-17-16(22-4)19-14(12)18-13-8-10(2)6-7-11(13)3/h6-9H,5H2,1-4H3,(H,17,18,19). The highest BCUT2D eigenvalue weighted by molar-refractivity contribution is 7.98. The van der Waals surface area contributed by atoms with Gasteiger partial charge in [-0.25, -0.2) is 14.8 Å². The fourth-order valence-corrected chi connectivity index (χ4v) is 2.26. The normalized spacial score (nSPS) is 10.4. The summed E-state index contributed by atoms with van der Waals surface area (Å²) < 4.78 is 5.07. The second-order valence-electron chi connectivity index (χ2n) is 4.78. The van der Waals surface area contributed by atoms with Crippen LogP contribution >= 0.6 is 11.8 Å². The van der Waals surface area contributed by atoms with Crippen molar-refractivity contribution >= 4 is 29.2 Å². The molecule has 0 amide bonds. The predicted molar refractivity (Wildman–Crippen MR) is 89.0 cm³/mol. The lowest BCUT2D eigenvalue weighted by Gasteiger charge is -2.13. The second-order valence-corrected chi connectivity index (χ2v) is 5.56. The Balaban J connectivity index is 2.42. The molecule has 2 rings (SSSR count). The van der Waals surface area contributed by atoms with Gasteiger partial charge in [-0.15, -0.1) is 0 Å². The second kappa shape index (κ2) is 7.26. The molecule has 0 aliphatic carbocycles. The largest absolute Gasteiger partial charge is 0.462 e. The van der Waals surface area contributed by atoms with Crippen molar-refractivity contribution in [3.05, 3.63) is 41.1 Å². The number of ether oxygens (including phenoxy) is 1. The average Bonchev–Trinajstić information content (AvgIpc) is 2.51. The lowest BCUT2D eigenvalue weighted by atomic mass is 10.1. The molecule has 2 aromatic rings. The van der Waals surface area contributed by atoms with Crippen molar-refractivity contribution < 1.29 is 9.53 Å². The molecule has 1 aromatic carbocycles. The van der Waals surface area contributed by atoms with E-state index < -0.39 is 5.97 Å². The van der Waals surface area contributed by atoms with E-state index in [9.17, 15) is 4.79 Å². The third kappa shape index (κ3) is 3.76. The average molecular weight is 317 g/mol. The molecule has 6 heteroatoms. The zero-order chi connectivity index (χ0) is 16.1. The van der Waals surface area contributed by atoms with Crippen LogP contribution < -0.4 is 5.32 Å². The van der Waals surface area contributed by atoms with Crippen LogP contribution in [0.1, 0.15) is 28.4 Å². The molecule has 0 radical (unpaired) electrons. The van der Waals surface area contributed by atoms with Gasteiger partial charge in [-0.3, -0.25) is 0 Å². The Hall–Kier alpha value is -2.08. The molecule has 22 heavy (non-hydrogen) atoms. The van der Waals surface area contributed by atoms with E-state index in [1.807, 2.05) is 38.3 Å². The van der Waals surface area contributed by atoms with Crippen molar-refractivity contribution in [2.75, 3.05) is 18.2 Å². The van der Waals surface area contributed by atoms with Gasteiger partial charge in [0.25, 0.3) is 0 Å². The Bertz CT molecular complexity index is 689. The Kier molecular flexibility index (Phi) is 5.38. The van der Waals surface area contributed by atoms with Crippen LogP contribution in [0.15, 0.2) is 29.6 Å². The maximum absolute atomic E-state index is 12.1. The van der Waals surface area contributed by atoms with E-state index in [1.54, 1.807) is 6.92 Å². The highest BCUT2D eigenvalue weighted by Crippen LogP contribution is 2.24. The summed E-state index contributed by atoms with van der Waals surface area (Å²) in [5.41, 5.74) is 3.45. The molecule has 0 aliphatic heterocycles. The fraction of sp³-hybridized carbons (Fsp3) is 0.312. The van der Waals surface area contributed by atoms with Crippen LogP contribution in [0.5, 0.6) is 0 Å². The van der Waals surface area contributed by atoms with Crippen molar-refractivity contribution in [3.63, 3.8) is 0 Å². The minimum Gasteiger partial charge on any atom is -0.462 e. The molecule has 5 nitrogen and oxygen atoms in total. The molecule has 116 valence electrons. The van der Waals surface area contributed by atoms with E-state index in [0.29, 0.717) is 23.1 Å². The van der Waals surface area contributed by atoms with Gasteiger partial charge in [0, 0.05) is 11.9 Å². The van der Waals surface area contributed by atoms with E-state index in [1.165, 1.54) is 18.0 Å². The number of anilines is 2. The van der Waals surface area contributed by atoms with Gasteiger partial charge in [0.1, 0.15) is 11.4 Å². The van der Waals surface area contributed by atoms with Crippen molar-refractivity contribution in [3.8, 4) is 0 Å². The number of aryl methyl sites for hydroxylation is 2. The summed E-state index contributed by atoms with van der Waals surface area (Å²) in [6, 6.07) is 6.09. The van der Waals surface area contributed by atoms with Crippen molar-refractivity contribution in [1.29, 1.82) is 0 Å². The zero-order valence-corrected chi connectivity index (χ0v) is 14.0. The molecule has 0 atom stereocenters. The lowest BCUT2D eigenvalue weighted by Crippen LogP contribution is -2.11. The summed E-state index contributed by atoms with van der Waals surface area (Å²) in [5, 5.41) is 3.83. The van der Waals surface area contributed by atoms with E-state index >= 15 is 0 Å². The highest BCUT2D eigenvalue weighted by Gasteiger charge is 2.16. The number of hydrogen-bond donors (Lipinski definition) is 1. The number of nitrogens with one attached hydrogen (secondary N) is 1. The number of aromatic nitrogens is 2. The first kappa shape index (κ1) is 16.3. The van der Waals surface area contributed by atoms with Crippen molar-refractivity contribution in [1.82, 2.24) is 9.97 Å². The number of rotatable bonds is 5. The van der Waals surface area contributed by atoms with Gasteiger partial charge in [-0.05, 0) is 44.2 Å². The fourth-order valence-electron chi connectivity index (χ4n) is 1.92. The molecule has 0 spiro atoms.